The molecule has 1 fully saturated rings. The quantitative estimate of drug-likeness (QED) is 0.836. The van der Waals surface area contributed by atoms with Gasteiger partial charge in [-0.2, -0.15) is 23.3 Å². The van der Waals surface area contributed by atoms with Crippen LogP contribution < -0.4 is 0 Å². The van der Waals surface area contributed by atoms with Crippen LogP contribution in [0.4, 0.5) is 13.2 Å². The van der Waals surface area contributed by atoms with Gasteiger partial charge in [0.1, 0.15) is 0 Å². The minimum absolute atomic E-state index is 0.0134. The highest BCUT2D eigenvalue weighted by atomic mass is 19.4. The Bertz CT molecular complexity index is 740. The van der Waals surface area contributed by atoms with Crippen molar-refractivity contribution < 1.29 is 23.1 Å². The van der Waals surface area contributed by atoms with Crippen LogP contribution in [0.15, 0.2) is 35.4 Å². The van der Waals surface area contributed by atoms with Crippen LogP contribution in [0.25, 0.3) is 0 Å². The molecule has 3 rings (SSSR count). The molecule has 27 heavy (non-hydrogen) atoms. The minimum atomic E-state index is -4.99. The molecule has 1 N–H and O–H groups in total. The third-order valence-corrected chi connectivity index (χ3v) is 5.79. The van der Waals surface area contributed by atoms with Gasteiger partial charge in [-0.1, -0.05) is 51.1 Å². The molecular formula is C20H25F3N2O2. The Balaban J connectivity index is 1.92. The standard InChI is InChI=1S/C20H25F3N2O2/c1-18(2,3)14-9-10-16-15(12-14)19(27,20(21,22)23)25(24-16)17(26)11-13-7-5-4-6-8-13/h4-8,14-15,27H,9-12H2,1-3H3/t14-,15+,19-/m1/s1. The second-order valence-electron chi connectivity index (χ2n) is 8.57. The molecule has 0 aromatic heterocycles. The zero-order valence-corrected chi connectivity index (χ0v) is 15.8. The number of fused-ring (bicyclic) bond motifs is 1. The Hall–Kier alpha value is -1.89. The predicted molar refractivity (Wildman–Crippen MR) is 95.7 cm³/mol. The Morgan fingerprint density at radius 1 is 1.26 bits per heavy atom. The van der Waals surface area contributed by atoms with E-state index in [9.17, 15) is 23.1 Å². The lowest BCUT2D eigenvalue weighted by Crippen LogP contribution is -2.62. The molecule has 1 aliphatic carbocycles. The van der Waals surface area contributed by atoms with Gasteiger partial charge in [-0.3, -0.25) is 4.79 Å². The van der Waals surface area contributed by atoms with Crippen molar-refractivity contribution in [2.24, 2.45) is 22.4 Å². The number of carbonyl (C=O) groups is 1. The second-order valence-corrected chi connectivity index (χ2v) is 8.57. The molecule has 0 spiro atoms. The van der Waals surface area contributed by atoms with E-state index in [0.29, 0.717) is 23.4 Å². The SMILES string of the molecule is CC(C)(C)[C@@H]1CCC2=NN(C(=O)Cc3ccccc3)[C@](O)(C(F)(F)F)[C@H]2C1. The van der Waals surface area contributed by atoms with Crippen LogP contribution >= 0.6 is 0 Å². The van der Waals surface area contributed by atoms with Gasteiger partial charge >= 0.3 is 6.18 Å². The summed E-state index contributed by atoms with van der Waals surface area (Å²) in [4.78, 5) is 12.7. The van der Waals surface area contributed by atoms with Crippen LogP contribution in [0.2, 0.25) is 0 Å². The maximum absolute atomic E-state index is 14.0. The summed E-state index contributed by atoms with van der Waals surface area (Å²) >= 11 is 0. The summed E-state index contributed by atoms with van der Waals surface area (Å²) in [5, 5.41) is 15.0. The Kier molecular flexibility index (Phi) is 4.87. The van der Waals surface area contributed by atoms with Crippen LogP contribution in [-0.4, -0.2) is 33.6 Å². The van der Waals surface area contributed by atoms with Crippen LogP contribution in [-0.2, 0) is 11.2 Å². The number of halogens is 3. The van der Waals surface area contributed by atoms with E-state index in [0.717, 1.165) is 0 Å². The second kappa shape index (κ2) is 6.62. The molecule has 3 atom stereocenters. The lowest BCUT2D eigenvalue weighted by Gasteiger charge is -2.42. The van der Waals surface area contributed by atoms with E-state index >= 15 is 0 Å². The normalized spacial score (nSPS) is 28.7. The van der Waals surface area contributed by atoms with Gasteiger partial charge in [-0.15, -0.1) is 0 Å². The number of alkyl halides is 3. The Labute approximate surface area is 157 Å². The summed E-state index contributed by atoms with van der Waals surface area (Å²) in [6, 6.07) is 8.51. The van der Waals surface area contributed by atoms with Gasteiger partial charge in [0, 0.05) is 5.71 Å². The summed E-state index contributed by atoms with van der Waals surface area (Å²) in [6.45, 7) is 5.96. The maximum atomic E-state index is 14.0. The predicted octanol–water partition coefficient (Wildman–Crippen LogP) is 4.14. The molecule has 4 nitrogen and oxygen atoms in total. The fraction of sp³-hybridized carbons (Fsp3) is 0.600. The highest BCUT2D eigenvalue weighted by Crippen LogP contribution is 2.51. The Morgan fingerprint density at radius 2 is 1.89 bits per heavy atom. The lowest BCUT2D eigenvalue weighted by molar-refractivity contribution is -0.318. The van der Waals surface area contributed by atoms with Crippen LogP contribution in [0, 0.1) is 17.3 Å². The van der Waals surface area contributed by atoms with Crippen molar-refractivity contribution in [1.29, 1.82) is 0 Å². The van der Waals surface area contributed by atoms with Crippen molar-refractivity contribution in [3.8, 4) is 0 Å². The van der Waals surface area contributed by atoms with E-state index in [1.165, 1.54) is 0 Å². The third-order valence-electron chi connectivity index (χ3n) is 5.79. The molecule has 1 aromatic carbocycles. The van der Waals surface area contributed by atoms with Crippen molar-refractivity contribution in [2.75, 3.05) is 0 Å². The summed E-state index contributed by atoms with van der Waals surface area (Å²) in [5.41, 5.74) is -2.61. The van der Waals surface area contributed by atoms with Gasteiger partial charge in [0.25, 0.3) is 5.72 Å². The molecule has 1 aromatic rings. The van der Waals surface area contributed by atoms with Gasteiger partial charge in [-0.25, -0.2) is 0 Å². The van der Waals surface area contributed by atoms with Gasteiger partial charge in [0.2, 0.25) is 5.91 Å². The van der Waals surface area contributed by atoms with Crippen molar-refractivity contribution in [3.63, 3.8) is 0 Å². The molecule has 0 unspecified atom stereocenters. The van der Waals surface area contributed by atoms with E-state index in [1.807, 2.05) is 20.8 Å². The number of hydrogen-bond acceptors (Lipinski definition) is 3. The third kappa shape index (κ3) is 3.49. The number of benzene rings is 1. The minimum Gasteiger partial charge on any atom is -0.362 e. The summed E-state index contributed by atoms with van der Waals surface area (Å²) in [7, 11) is 0. The van der Waals surface area contributed by atoms with Gasteiger partial charge < -0.3 is 5.11 Å². The molecule has 1 amide bonds. The topological polar surface area (TPSA) is 52.9 Å². The fourth-order valence-electron chi connectivity index (χ4n) is 4.10. The molecule has 1 saturated carbocycles. The first-order chi connectivity index (χ1) is 12.4. The smallest absolute Gasteiger partial charge is 0.362 e. The number of rotatable bonds is 2. The first-order valence-electron chi connectivity index (χ1n) is 9.18. The zero-order chi connectivity index (χ0) is 20.0. The first-order valence-corrected chi connectivity index (χ1v) is 9.18. The number of hydrogen-bond donors (Lipinski definition) is 1. The highest BCUT2D eigenvalue weighted by Gasteiger charge is 2.69. The molecule has 0 bridgehead atoms. The van der Waals surface area contributed by atoms with Crippen molar-refractivity contribution in [2.45, 2.75) is 58.4 Å². The molecule has 2 aliphatic rings. The molecular weight excluding hydrogens is 357 g/mol. The van der Waals surface area contributed by atoms with Crippen molar-refractivity contribution in [3.05, 3.63) is 35.9 Å². The van der Waals surface area contributed by atoms with Gasteiger partial charge in [0.05, 0.1) is 12.3 Å². The van der Waals surface area contributed by atoms with E-state index in [1.54, 1.807) is 30.3 Å². The lowest BCUT2D eigenvalue weighted by atomic mass is 9.66. The van der Waals surface area contributed by atoms with Crippen LogP contribution in [0.5, 0.6) is 0 Å². The maximum Gasteiger partial charge on any atom is 0.439 e. The van der Waals surface area contributed by atoms with E-state index in [-0.39, 0.29) is 29.9 Å². The monoisotopic (exact) mass is 382 g/mol. The number of carbonyl (C=O) groups excluding carboxylic acids is 1. The molecule has 1 aliphatic heterocycles. The van der Waals surface area contributed by atoms with Crippen LogP contribution in [0.3, 0.4) is 0 Å². The molecule has 1 heterocycles. The summed E-state index contributed by atoms with van der Waals surface area (Å²) in [6.07, 6.45) is -4.01. The van der Waals surface area contributed by atoms with E-state index in [2.05, 4.69) is 5.10 Å². The Morgan fingerprint density at radius 3 is 2.44 bits per heavy atom. The summed E-state index contributed by atoms with van der Waals surface area (Å²) < 4.78 is 41.9. The van der Waals surface area contributed by atoms with Crippen molar-refractivity contribution >= 4 is 11.6 Å². The van der Waals surface area contributed by atoms with E-state index < -0.39 is 23.7 Å². The van der Waals surface area contributed by atoms with Gasteiger partial charge in [0.15, 0.2) is 0 Å². The molecule has 0 saturated heterocycles. The van der Waals surface area contributed by atoms with Crippen LogP contribution in [0.1, 0.15) is 45.6 Å². The number of nitrogens with zero attached hydrogens (tertiary/aromatic N) is 2. The first kappa shape index (κ1) is 19.9. The number of aliphatic hydroxyl groups is 1. The van der Waals surface area contributed by atoms with E-state index in [4.69, 9.17) is 0 Å². The average molecular weight is 382 g/mol. The van der Waals surface area contributed by atoms with Crippen molar-refractivity contribution in [1.82, 2.24) is 5.01 Å². The van der Waals surface area contributed by atoms with Gasteiger partial charge in [-0.05, 0) is 36.2 Å². The fourth-order valence-corrected chi connectivity index (χ4v) is 4.10. The highest BCUT2D eigenvalue weighted by molar-refractivity contribution is 5.93. The zero-order valence-electron chi connectivity index (χ0n) is 15.8. The molecule has 0 radical (unpaired) electrons. The average Bonchev–Trinajstić information content (AvgIpc) is 2.89. The number of hydrazone groups is 1. The number of amides is 1. The molecule has 148 valence electrons. The largest absolute Gasteiger partial charge is 0.439 e. The molecule has 7 heteroatoms. The summed E-state index contributed by atoms with van der Waals surface area (Å²) in [5.74, 6) is -2.05.